The average Bonchev–Trinajstić information content (AvgIpc) is 3.27. The zero-order valence-corrected chi connectivity index (χ0v) is 42.2. The second-order valence-corrected chi connectivity index (χ2v) is 18.2. The molecule has 0 bridgehead atoms. The molecule has 0 aromatic heterocycles. The molecule has 0 spiro atoms. The SMILES string of the molecule is CC/C=C/C=C/C=C/C=C/C=C/C=C/C=C/CCCCCC(=O)OCC(COCCC(C(=O)O)[N+](C)(C)C)OC(=O)CCCCCCCCC/C=C/CCCCCCCCCCCCC. The number of hydrogen-bond donors (Lipinski definition) is 1. The second-order valence-electron chi connectivity index (χ2n) is 18.2. The first-order valence-corrected chi connectivity index (χ1v) is 25.9. The molecule has 2 unspecified atom stereocenters. The van der Waals surface area contributed by atoms with E-state index in [1.165, 1.54) is 109 Å². The van der Waals surface area contributed by atoms with Crippen molar-refractivity contribution >= 4 is 17.9 Å². The van der Waals surface area contributed by atoms with Crippen LogP contribution in [-0.2, 0) is 28.6 Å². The molecule has 0 aromatic carbocycles. The fourth-order valence-electron chi connectivity index (χ4n) is 7.19. The molecule has 8 nitrogen and oxygen atoms in total. The maximum Gasteiger partial charge on any atom is 0.362 e. The quantitative estimate of drug-likeness (QED) is 0.0214. The fourth-order valence-corrected chi connectivity index (χ4v) is 7.19. The molecule has 0 saturated carbocycles. The van der Waals surface area contributed by atoms with E-state index in [1.54, 1.807) is 0 Å². The molecule has 0 rings (SSSR count). The van der Waals surface area contributed by atoms with E-state index in [4.69, 9.17) is 14.2 Å². The Labute approximate surface area is 398 Å². The van der Waals surface area contributed by atoms with E-state index < -0.39 is 18.1 Å². The van der Waals surface area contributed by atoms with Crippen LogP contribution in [0.3, 0.4) is 0 Å². The van der Waals surface area contributed by atoms with E-state index in [-0.39, 0.29) is 36.2 Å². The number of carbonyl (C=O) groups excluding carboxylic acids is 2. The maximum absolute atomic E-state index is 12.8. The van der Waals surface area contributed by atoms with Crippen molar-refractivity contribution in [2.45, 2.75) is 206 Å². The summed E-state index contributed by atoms with van der Waals surface area (Å²) in [4.78, 5) is 37.2. The normalized spacial score (nSPS) is 13.7. The number of quaternary nitrogens is 1. The van der Waals surface area contributed by atoms with Gasteiger partial charge in [-0.3, -0.25) is 9.59 Å². The Morgan fingerprint density at radius 2 is 0.877 bits per heavy atom. The summed E-state index contributed by atoms with van der Waals surface area (Å²) in [5.74, 6) is -1.54. The lowest BCUT2D eigenvalue weighted by Gasteiger charge is -2.31. The topological polar surface area (TPSA) is 99.1 Å². The summed E-state index contributed by atoms with van der Waals surface area (Å²) in [6.07, 6.45) is 63.2. The standard InChI is InChI=1S/C57H95NO7/c1-6-8-10-12-14-16-18-20-22-24-26-27-28-30-32-34-36-38-40-42-44-46-48-56(60)65-53(51-63-50-49-54(57(61)62)58(3,4)5)52-64-55(59)47-45-43-41-39-37-35-33-31-29-25-23-21-19-17-15-13-11-9-7-2/h9,11,13,15,17,19,21,23,25,28-31,33,35,37,53-54H,6-8,10,12,14,16,18,20,22,24,26-27,32,34,36,38-52H2,1-5H3/p+1/b11-9+,15-13+,19-17+,23-21+,29-25+,30-28+,33-31+,37-35+. The third-order valence-electron chi connectivity index (χ3n) is 11.2. The van der Waals surface area contributed by atoms with Gasteiger partial charge < -0.3 is 23.8 Å². The second kappa shape index (κ2) is 46.8. The number of hydrogen-bond acceptors (Lipinski definition) is 6. The number of likely N-dealkylation sites (N-methyl/N-ethyl adjacent to an activating group) is 1. The first-order valence-electron chi connectivity index (χ1n) is 25.9. The summed E-state index contributed by atoms with van der Waals surface area (Å²) in [5, 5.41) is 9.66. The fraction of sp³-hybridized carbons (Fsp3) is 0.667. The van der Waals surface area contributed by atoms with Crippen LogP contribution in [0.2, 0.25) is 0 Å². The summed E-state index contributed by atoms with van der Waals surface area (Å²) >= 11 is 0. The number of aliphatic carboxylic acids is 1. The predicted octanol–water partition coefficient (Wildman–Crippen LogP) is 15.0. The molecule has 8 heteroatoms. The minimum atomic E-state index is -0.885. The average molecular weight is 907 g/mol. The lowest BCUT2D eigenvalue weighted by atomic mass is 10.0. The molecule has 1 N–H and O–H groups in total. The van der Waals surface area contributed by atoms with Gasteiger partial charge in [-0.25, -0.2) is 4.79 Å². The molecule has 0 aliphatic heterocycles. The van der Waals surface area contributed by atoms with Crippen molar-refractivity contribution in [1.29, 1.82) is 0 Å². The van der Waals surface area contributed by atoms with Gasteiger partial charge in [-0.2, -0.15) is 0 Å². The van der Waals surface area contributed by atoms with Crippen LogP contribution in [0, 0.1) is 0 Å². The smallest absolute Gasteiger partial charge is 0.362 e. The highest BCUT2D eigenvalue weighted by atomic mass is 16.6. The Kier molecular flexibility index (Phi) is 44.1. The van der Waals surface area contributed by atoms with Crippen molar-refractivity contribution in [2.24, 2.45) is 0 Å². The number of carbonyl (C=O) groups is 3. The van der Waals surface area contributed by atoms with Crippen LogP contribution < -0.4 is 0 Å². The van der Waals surface area contributed by atoms with Crippen LogP contribution in [0.1, 0.15) is 194 Å². The van der Waals surface area contributed by atoms with Crippen LogP contribution in [0.25, 0.3) is 0 Å². The van der Waals surface area contributed by atoms with Crippen LogP contribution in [0.4, 0.5) is 0 Å². The highest BCUT2D eigenvalue weighted by molar-refractivity contribution is 5.72. The molecular formula is C57H96NO7+. The molecule has 370 valence electrons. The summed E-state index contributed by atoms with van der Waals surface area (Å²) in [6.45, 7) is 4.54. The molecule has 0 saturated heterocycles. The van der Waals surface area contributed by atoms with Gasteiger partial charge in [0.25, 0.3) is 0 Å². The van der Waals surface area contributed by atoms with Gasteiger partial charge >= 0.3 is 17.9 Å². The van der Waals surface area contributed by atoms with Gasteiger partial charge in [0.05, 0.1) is 34.4 Å². The van der Waals surface area contributed by atoms with Crippen LogP contribution in [0.15, 0.2) is 97.2 Å². The number of nitrogens with zero attached hydrogens (tertiary/aromatic N) is 1. The number of carboxylic acids is 1. The summed E-state index contributed by atoms with van der Waals surface area (Å²) in [6, 6.07) is -0.629. The Morgan fingerprint density at radius 3 is 1.34 bits per heavy atom. The Balaban J connectivity index is 4.35. The molecule has 0 aliphatic carbocycles. The first kappa shape index (κ1) is 61.2. The number of rotatable bonds is 45. The van der Waals surface area contributed by atoms with Crippen LogP contribution in [-0.4, -0.2) is 80.6 Å². The summed E-state index contributed by atoms with van der Waals surface area (Å²) < 4.78 is 17.3. The minimum absolute atomic E-state index is 0.0386. The molecule has 0 radical (unpaired) electrons. The summed E-state index contributed by atoms with van der Waals surface area (Å²) in [7, 11) is 5.51. The maximum atomic E-state index is 12.8. The van der Waals surface area contributed by atoms with Gasteiger partial charge in [0, 0.05) is 19.3 Å². The van der Waals surface area contributed by atoms with E-state index in [1.807, 2.05) is 94.1 Å². The van der Waals surface area contributed by atoms with Crippen LogP contribution in [0.5, 0.6) is 0 Å². The predicted molar refractivity (Wildman–Crippen MR) is 275 cm³/mol. The van der Waals surface area contributed by atoms with Gasteiger partial charge in [-0.15, -0.1) is 0 Å². The van der Waals surface area contributed by atoms with Gasteiger partial charge in [-0.1, -0.05) is 214 Å². The van der Waals surface area contributed by atoms with Crippen molar-refractivity contribution in [3.8, 4) is 0 Å². The Bertz CT molecular complexity index is 1380. The Hall–Kier alpha value is -3.75. The van der Waals surface area contributed by atoms with E-state index in [0.29, 0.717) is 19.3 Å². The molecule has 2 atom stereocenters. The van der Waals surface area contributed by atoms with E-state index in [0.717, 1.165) is 51.4 Å². The highest BCUT2D eigenvalue weighted by Crippen LogP contribution is 2.15. The van der Waals surface area contributed by atoms with Crippen molar-refractivity contribution < 1.29 is 38.2 Å². The van der Waals surface area contributed by atoms with E-state index >= 15 is 0 Å². The molecule has 0 aromatic rings. The number of unbranched alkanes of at least 4 members (excludes halogenated alkanes) is 21. The Morgan fingerprint density at radius 1 is 0.477 bits per heavy atom. The third-order valence-corrected chi connectivity index (χ3v) is 11.2. The molecule has 0 aliphatic rings. The first-order chi connectivity index (χ1) is 31.6. The van der Waals surface area contributed by atoms with E-state index in [9.17, 15) is 19.5 Å². The van der Waals surface area contributed by atoms with Crippen LogP contribution >= 0.6 is 0 Å². The van der Waals surface area contributed by atoms with Crippen molar-refractivity contribution in [3.05, 3.63) is 97.2 Å². The van der Waals surface area contributed by atoms with Gasteiger partial charge in [0.15, 0.2) is 12.1 Å². The van der Waals surface area contributed by atoms with Crippen molar-refractivity contribution in [2.75, 3.05) is 41.0 Å². The number of esters is 2. The van der Waals surface area contributed by atoms with Gasteiger partial charge in [0.1, 0.15) is 6.61 Å². The molecule has 65 heavy (non-hydrogen) atoms. The molecule has 0 amide bonds. The van der Waals surface area contributed by atoms with Gasteiger partial charge in [-0.05, 0) is 57.8 Å². The number of allylic oxidation sites excluding steroid dienone is 16. The molecule has 0 heterocycles. The van der Waals surface area contributed by atoms with E-state index in [2.05, 4.69) is 38.2 Å². The van der Waals surface area contributed by atoms with Crippen molar-refractivity contribution in [3.63, 3.8) is 0 Å². The monoisotopic (exact) mass is 907 g/mol. The minimum Gasteiger partial charge on any atom is -0.477 e. The largest absolute Gasteiger partial charge is 0.477 e. The lowest BCUT2D eigenvalue weighted by molar-refractivity contribution is -0.887. The van der Waals surface area contributed by atoms with Gasteiger partial charge in [0.2, 0.25) is 0 Å². The lowest BCUT2D eigenvalue weighted by Crippen LogP contribution is -2.50. The third kappa shape index (κ3) is 45.2. The highest BCUT2D eigenvalue weighted by Gasteiger charge is 2.31. The molecular weight excluding hydrogens is 811 g/mol. The zero-order chi connectivity index (χ0) is 47.7. The number of carboxylic acid groups (broad SMARTS) is 1. The summed E-state index contributed by atoms with van der Waals surface area (Å²) in [5.41, 5.74) is 0. The molecule has 0 fully saturated rings. The number of ether oxygens (including phenoxy) is 3. The van der Waals surface area contributed by atoms with Crippen molar-refractivity contribution in [1.82, 2.24) is 0 Å². The zero-order valence-electron chi connectivity index (χ0n) is 42.2.